The van der Waals surface area contributed by atoms with Crippen molar-refractivity contribution in [3.8, 4) is 0 Å². The van der Waals surface area contributed by atoms with Crippen molar-refractivity contribution in [1.29, 1.82) is 0 Å². The van der Waals surface area contributed by atoms with Crippen LogP contribution in [0.5, 0.6) is 0 Å². The molecule has 0 atom stereocenters. The van der Waals surface area contributed by atoms with E-state index in [0.717, 1.165) is 5.56 Å². The van der Waals surface area contributed by atoms with Gasteiger partial charge in [0.05, 0.1) is 11.4 Å². The fourth-order valence-corrected chi connectivity index (χ4v) is 3.37. The van der Waals surface area contributed by atoms with E-state index < -0.39 is 9.84 Å². The first kappa shape index (κ1) is 14.5. The maximum Gasteiger partial charge on any atom is 0.201 e. The van der Waals surface area contributed by atoms with E-state index in [4.69, 9.17) is 5.73 Å². The Morgan fingerprint density at radius 3 is 2.35 bits per heavy atom. The van der Waals surface area contributed by atoms with E-state index in [1.54, 1.807) is 12.1 Å². The Hall–Kier alpha value is -1.88. The normalized spacial score (nSPS) is 11.8. The molecular weight excluding hydrogens is 272 g/mol. The van der Waals surface area contributed by atoms with Crippen LogP contribution in [0.4, 0.5) is 5.69 Å². The number of rotatable bonds is 4. The summed E-state index contributed by atoms with van der Waals surface area (Å²) in [5, 5.41) is -0.0482. The highest BCUT2D eigenvalue weighted by molar-refractivity contribution is 7.90. The Bertz CT molecular complexity index is 692. The maximum absolute atomic E-state index is 12.3. The Balaban J connectivity index is 2.27. The summed E-state index contributed by atoms with van der Waals surface area (Å²) in [6.07, 6.45) is 1.44. The third-order valence-electron chi connectivity index (χ3n) is 3.10. The van der Waals surface area contributed by atoms with Crippen LogP contribution in [0.15, 0.2) is 47.6 Å². The molecule has 5 heteroatoms. The standard InChI is InChI=1S/C15H18N2O2S/c1-11(2)13-7-5-12(6-8-13)10-20(18,19)15-14(16)4-3-9-17-15/h3-9,11H,10,16H2,1-2H3. The molecule has 0 fully saturated rings. The van der Waals surface area contributed by atoms with Crippen molar-refractivity contribution in [2.45, 2.75) is 30.5 Å². The van der Waals surface area contributed by atoms with Gasteiger partial charge in [-0.1, -0.05) is 38.1 Å². The van der Waals surface area contributed by atoms with Crippen molar-refractivity contribution in [3.05, 3.63) is 53.7 Å². The lowest BCUT2D eigenvalue weighted by molar-refractivity contribution is 0.592. The molecule has 0 amide bonds. The zero-order chi connectivity index (χ0) is 14.8. The van der Waals surface area contributed by atoms with E-state index in [1.807, 2.05) is 24.3 Å². The van der Waals surface area contributed by atoms with Gasteiger partial charge in [0, 0.05) is 6.20 Å². The highest BCUT2D eigenvalue weighted by Crippen LogP contribution is 2.21. The summed E-state index contributed by atoms with van der Waals surface area (Å²) in [6.45, 7) is 4.20. The quantitative estimate of drug-likeness (QED) is 0.939. The molecule has 4 nitrogen and oxygen atoms in total. The molecule has 0 radical (unpaired) electrons. The van der Waals surface area contributed by atoms with Gasteiger partial charge in [0.15, 0.2) is 5.03 Å². The SMILES string of the molecule is CC(C)c1ccc(CS(=O)(=O)c2ncccc2N)cc1. The Morgan fingerprint density at radius 2 is 1.80 bits per heavy atom. The van der Waals surface area contributed by atoms with Gasteiger partial charge >= 0.3 is 0 Å². The van der Waals surface area contributed by atoms with Gasteiger partial charge in [0.1, 0.15) is 0 Å². The number of pyridine rings is 1. The van der Waals surface area contributed by atoms with Crippen molar-refractivity contribution in [2.75, 3.05) is 5.73 Å². The van der Waals surface area contributed by atoms with E-state index in [-0.39, 0.29) is 16.5 Å². The van der Waals surface area contributed by atoms with Crippen molar-refractivity contribution in [3.63, 3.8) is 0 Å². The number of hydrogen-bond donors (Lipinski definition) is 1. The minimum atomic E-state index is -3.51. The summed E-state index contributed by atoms with van der Waals surface area (Å²) < 4.78 is 24.6. The molecule has 2 aromatic rings. The molecule has 0 bridgehead atoms. The van der Waals surface area contributed by atoms with E-state index >= 15 is 0 Å². The molecule has 0 aliphatic heterocycles. The maximum atomic E-state index is 12.3. The molecule has 0 aliphatic rings. The second-order valence-electron chi connectivity index (χ2n) is 5.05. The summed E-state index contributed by atoms with van der Waals surface area (Å²) in [7, 11) is -3.51. The molecular formula is C15H18N2O2S. The molecule has 0 saturated heterocycles. The minimum absolute atomic E-state index is 0.0482. The lowest BCUT2D eigenvalue weighted by atomic mass is 10.0. The predicted octanol–water partition coefficient (Wildman–Crippen LogP) is 2.76. The molecule has 2 rings (SSSR count). The third kappa shape index (κ3) is 3.17. The van der Waals surface area contributed by atoms with Crippen LogP contribution in [0.25, 0.3) is 0 Å². The summed E-state index contributed by atoms with van der Waals surface area (Å²) in [6, 6.07) is 10.8. The fraction of sp³-hybridized carbons (Fsp3) is 0.267. The summed E-state index contributed by atoms with van der Waals surface area (Å²) in [5.41, 5.74) is 7.79. The van der Waals surface area contributed by atoms with Gasteiger partial charge in [-0.2, -0.15) is 0 Å². The van der Waals surface area contributed by atoms with Gasteiger partial charge in [-0.15, -0.1) is 0 Å². The molecule has 0 spiro atoms. The Kier molecular flexibility index (Phi) is 4.09. The molecule has 0 aliphatic carbocycles. The number of nitrogen functional groups attached to an aromatic ring is 1. The topological polar surface area (TPSA) is 73.0 Å². The number of hydrogen-bond acceptors (Lipinski definition) is 4. The Morgan fingerprint density at radius 1 is 1.15 bits per heavy atom. The molecule has 20 heavy (non-hydrogen) atoms. The highest BCUT2D eigenvalue weighted by atomic mass is 32.2. The first-order chi connectivity index (χ1) is 9.40. The van der Waals surface area contributed by atoms with Crippen molar-refractivity contribution in [2.24, 2.45) is 0 Å². The zero-order valence-corrected chi connectivity index (χ0v) is 12.4. The van der Waals surface area contributed by atoms with Crippen molar-refractivity contribution < 1.29 is 8.42 Å². The van der Waals surface area contributed by atoms with Gasteiger partial charge in [0.2, 0.25) is 9.84 Å². The van der Waals surface area contributed by atoms with Crippen LogP contribution in [0.1, 0.15) is 30.9 Å². The van der Waals surface area contributed by atoms with E-state index in [0.29, 0.717) is 5.92 Å². The van der Waals surface area contributed by atoms with Gasteiger partial charge in [-0.3, -0.25) is 0 Å². The molecule has 0 saturated carbocycles. The van der Waals surface area contributed by atoms with Crippen LogP contribution < -0.4 is 5.73 Å². The molecule has 1 aromatic carbocycles. The van der Waals surface area contributed by atoms with E-state index in [9.17, 15) is 8.42 Å². The van der Waals surface area contributed by atoms with Gasteiger partial charge < -0.3 is 5.73 Å². The summed E-state index contributed by atoms with van der Waals surface area (Å²) in [5.74, 6) is 0.333. The monoisotopic (exact) mass is 290 g/mol. The van der Waals surface area contributed by atoms with Crippen molar-refractivity contribution >= 4 is 15.5 Å². The number of aromatic nitrogens is 1. The predicted molar refractivity (Wildman–Crippen MR) is 80.1 cm³/mol. The first-order valence-corrected chi connectivity index (χ1v) is 8.07. The molecule has 2 N–H and O–H groups in total. The van der Waals surface area contributed by atoms with E-state index in [1.165, 1.54) is 11.8 Å². The molecule has 1 heterocycles. The van der Waals surface area contributed by atoms with Gasteiger partial charge in [-0.05, 0) is 29.2 Å². The number of benzene rings is 1. The van der Waals surface area contributed by atoms with Gasteiger partial charge in [-0.25, -0.2) is 13.4 Å². The van der Waals surface area contributed by atoms with Crippen molar-refractivity contribution in [1.82, 2.24) is 4.98 Å². The number of sulfone groups is 1. The summed E-state index contributed by atoms with van der Waals surface area (Å²) >= 11 is 0. The van der Waals surface area contributed by atoms with Crippen LogP contribution in [0.3, 0.4) is 0 Å². The van der Waals surface area contributed by atoms with Crippen LogP contribution >= 0.6 is 0 Å². The second-order valence-corrected chi connectivity index (χ2v) is 6.96. The zero-order valence-electron chi connectivity index (χ0n) is 11.6. The minimum Gasteiger partial charge on any atom is -0.396 e. The van der Waals surface area contributed by atoms with E-state index in [2.05, 4.69) is 18.8 Å². The van der Waals surface area contributed by atoms with Crippen LogP contribution in [-0.4, -0.2) is 13.4 Å². The third-order valence-corrected chi connectivity index (χ3v) is 4.74. The van der Waals surface area contributed by atoms with Gasteiger partial charge in [0.25, 0.3) is 0 Å². The van der Waals surface area contributed by atoms with Crippen LogP contribution in [0, 0.1) is 0 Å². The fourth-order valence-electron chi connectivity index (χ4n) is 1.95. The molecule has 106 valence electrons. The summed E-state index contributed by atoms with van der Waals surface area (Å²) in [4.78, 5) is 3.88. The lowest BCUT2D eigenvalue weighted by Gasteiger charge is -2.08. The number of nitrogens with two attached hydrogens (primary N) is 1. The molecule has 1 aromatic heterocycles. The average molecular weight is 290 g/mol. The first-order valence-electron chi connectivity index (χ1n) is 6.42. The largest absolute Gasteiger partial charge is 0.396 e. The Labute approximate surface area is 119 Å². The number of nitrogens with zero attached hydrogens (tertiary/aromatic N) is 1. The molecule has 0 unspecified atom stereocenters. The second kappa shape index (κ2) is 5.63. The number of anilines is 1. The average Bonchev–Trinajstić information content (AvgIpc) is 2.39. The van der Waals surface area contributed by atoms with Crippen LogP contribution in [-0.2, 0) is 15.6 Å². The van der Waals surface area contributed by atoms with Crippen LogP contribution in [0.2, 0.25) is 0 Å². The smallest absolute Gasteiger partial charge is 0.201 e. The lowest BCUT2D eigenvalue weighted by Crippen LogP contribution is -2.10. The highest BCUT2D eigenvalue weighted by Gasteiger charge is 2.19.